The van der Waals surface area contributed by atoms with E-state index in [1.54, 1.807) is 11.3 Å². The van der Waals surface area contributed by atoms with Crippen molar-refractivity contribution in [3.63, 3.8) is 0 Å². The molecule has 3 aromatic rings. The molecule has 1 aromatic heterocycles. The van der Waals surface area contributed by atoms with Gasteiger partial charge in [0.25, 0.3) is 0 Å². The van der Waals surface area contributed by atoms with Gasteiger partial charge in [0.1, 0.15) is 6.61 Å². The summed E-state index contributed by atoms with van der Waals surface area (Å²) in [6.07, 6.45) is 3.59. The van der Waals surface area contributed by atoms with Gasteiger partial charge in [0.15, 0.2) is 0 Å². The molecule has 1 heterocycles. The molecule has 27 heavy (non-hydrogen) atoms. The van der Waals surface area contributed by atoms with E-state index >= 15 is 0 Å². The minimum Gasteiger partial charge on any atom is -0.449 e. The van der Waals surface area contributed by atoms with Crippen molar-refractivity contribution >= 4 is 23.5 Å². The Balaban J connectivity index is 1.35. The van der Waals surface area contributed by atoms with Crippen LogP contribution in [0.3, 0.4) is 0 Å². The number of carbonyl (C=O) groups excluding carboxylic acids is 1. The summed E-state index contributed by atoms with van der Waals surface area (Å²) in [5.41, 5.74) is 6.16. The van der Waals surface area contributed by atoms with Crippen molar-refractivity contribution in [2.75, 3.05) is 13.2 Å². The molecule has 0 unspecified atom stereocenters. The maximum absolute atomic E-state index is 12.1. The summed E-state index contributed by atoms with van der Waals surface area (Å²) in [6.45, 7) is 2.87. The van der Waals surface area contributed by atoms with Crippen molar-refractivity contribution in [3.05, 3.63) is 87.6 Å². The van der Waals surface area contributed by atoms with E-state index in [9.17, 15) is 4.79 Å². The Kier molecular flexibility index (Phi) is 5.07. The van der Waals surface area contributed by atoms with Crippen LogP contribution in [-0.4, -0.2) is 19.2 Å². The lowest BCUT2D eigenvalue weighted by Crippen LogP contribution is -2.26. The molecule has 0 saturated carbocycles. The molecule has 0 fully saturated rings. The van der Waals surface area contributed by atoms with Gasteiger partial charge in [-0.05, 0) is 52.3 Å². The first-order chi connectivity index (χ1) is 13.2. The SMILES string of the molecule is Cc1ccsc1C=CCNC(=O)OCC1c2ccccc2-c2ccccc21. The third-order valence-corrected chi connectivity index (χ3v) is 5.86. The van der Waals surface area contributed by atoms with Gasteiger partial charge in [0, 0.05) is 17.3 Å². The number of benzene rings is 2. The summed E-state index contributed by atoms with van der Waals surface area (Å²) in [7, 11) is 0. The molecule has 1 amide bonds. The van der Waals surface area contributed by atoms with Crippen molar-refractivity contribution in [3.8, 4) is 11.1 Å². The summed E-state index contributed by atoms with van der Waals surface area (Å²) in [5, 5.41) is 4.86. The lowest BCUT2D eigenvalue weighted by atomic mass is 9.98. The van der Waals surface area contributed by atoms with Crippen molar-refractivity contribution in [2.24, 2.45) is 0 Å². The van der Waals surface area contributed by atoms with Gasteiger partial charge < -0.3 is 10.1 Å². The van der Waals surface area contributed by atoms with Crippen LogP contribution >= 0.6 is 11.3 Å². The smallest absolute Gasteiger partial charge is 0.407 e. The van der Waals surface area contributed by atoms with Gasteiger partial charge in [-0.15, -0.1) is 11.3 Å². The van der Waals surface area contributed by atoms with Crippen LogP contribution in [0.25, 0.3) is 17.2 Å². The molecule has 1 aliphatic rings. The van der Waals surface area contributed by atoms with Crippen LogP contribution in [0.4, 0.5) is 4.79 Å². The van der Waals surface area contributed by atoms with E-state index in [0.717, 1.165) is 0 Å². The minimum absolute atomic E-state index is 0.0902. The van der Waals surface area contributed by atoms with E-state index < -0.39 is 0 Å². The zero-order valence-corrected chi connectivity index (χ0v) is 16.0. The lowest BCUT2D eigenvalue weighted by molar-refractivity contribution is 0.144. The highest BCUT2D eigenvalue weighted by Gasteiger charge is 2.28. The first-order valence-corrected chi connectivity index (χ1v) is 9.91. The number of alkyl carbamates (subject to hydrolysis) is 1. The second-order valence-electron chi connectivity index (χ2n) is 6.58. The van der Waals surface area contributed by atoms with Gasteiger partial charge in [-0.25, -0.2) is 4.79 Å². The molecular formula is C23H21NO2S. The summed E-state index contributed by atoms with van der Waals surface area (Å²) >= 11 is 1.69. The molecule has 3 nitrogen and oxygen atoms in total. The normalized spacial score (nSPS) is 12.8. The van der Waals surface area contributed by atoms with Crippen LogP contribution in [0.15, 0.2) is 66.1 Å². The summed E-state index contributed by atoms with van der Waals surface area (Å²) in [6, 6.07) is 18.8. The number of rotatable bonds is 5. The van der Waals surface area contributed by atoms with Crippen molar-refractivity contribution < 1.29 is 9.53 Å². The van der Waals surface area contributed by atoms with Gasteiger partial charge in [-0.2, -0.15) is 0 Å². The Morgan fingerprint density at radius 3 is 2.37 bits per heavy atom. The molecule has 2 aromatic carbocycles. The molecule has 0 aliphatic heterocycles. The Morgan fingerprint density at radius 1 is 1.07 bits per heavy atom. The van der Waals surface area contributed by atoms with E-state index in [1.165, 1.54) is 32.7 Å². The number of hydrogen-bond donors (Lipinski definition) is 1. The van der Waals surface area contributed by atoms with Crippen LogP contribution in [-0.2, 0) is 4.74 Å². The molecule has 4 rings (SSSR count). The van der Waals surface area contributed by atoms with Gasteiger partial charge in [0.2, 0.25) is 0 Å². The van der Waals surface area contributed by atoms with E-state index in [1.807, 2.05) is 36.4 Å². The van der Waals surface area contributed by atoms with Crippen LogP contribution in [0.1, 0.15) is 27.5 Å². The average Bonchev–Trinajstić information content (AvgIpc) is 3.25. The second-order valence-corrected chi connectivity index (χ2v) is 7.52. The van der Waals surface area contributed by atoms with Crippen LogP contribution in [0.5, 0.6) is 0 Å². The Bertz CT molecular complexity index is 944. The number of aryl methyl sites for hydroxylation is 1. The predicted molar refractivity (Wildman–Crippen MR) is 111 cm³/mol. The maximum Gasteiger partial charge on any atom is 0.407 e. The number of nitrogens with one attached hydrogen (secondary N) is 1. The number of carbonyl (C=O) groups is 1. The van der Waals surface area contributed by atoms with E-state index in [2.05, 4.69) is 48.0 Å². The summed E-state index contributed by atoms with van der Waals surface area (Å²) in [5.74, 6) is 0.0902. The fourth-order valence-corrected chi connectivity index (χ4v) is 4.36. The largest absolute Gasteiger partial charge is 0.449 e. The predicted octanol–water partition coefficient (Wildman–Crippen LogP) is 5.61. The lowest BCUT2D eigenvalue weighted by Gasteiger charge is -2.14. The van der Waals surface area contributed by atoms with Gasteiger partial charge in [0.05, 0.1) is 0 Å². The molecule has 0 bridgehead atoms. The number of ether oxygens (including phenoxy) is 1. The van der Waals surface area contributed by atoms with Crippen LogP contribution < -0.4 is 5.32 Å². The highest BCUT2D eigenvalue weighted by molar-refractivity contribution is 7.11. The molecule has 4 heteroatoms. The van der Waals surface area contributed by atoms with E-state index in [4.69, 9.17) is 4.74 Å². The molecule has 0 spiro atoms. The van der Waals surface area contributed by atoms with Gasteiger partial charge in [-0.1, -0.05) is 54.6 Å². The summed E-state index contributed by atoms with van der Waals surface area (Å²) < 4.78 is 5.52. The number of thiophene rings is 1. The Labute approximate surface area is 163 Å². The molecule has 1 aliphatic carbocycles. The third kappa shape index (κ3) is 3.67. The molecule has 0 saturated heterocycles. The standard InChI is InChI=1S/C23H21NO2S/c1-16-12-14-27-22(16)11-6-13-24-23(25)26-15-21-19-9-4-2-7-17(19)18-8-3-5-10-20(18)21/h2-12,14,21H,13,15H2,1H3,(H,24,25). The Hall–Kier alpha value is -2.85. The average molecular weight is 375 g/mol. The van der Waals surface area contributed by atoms with E-state index in [0.29, 0.717) is 13.2 Å². The van der Waals surface area contributed by atoms with Gasteiger partial charge >= 0.3 is 6.09 Å². The number of hydrogen-bond acceptors (Lipinski definition) is 3. The maximum atomic E-state index is 12.1. The fourth-order valence-electron chi connectivity index (χ4n) is 3.51. The minimum atomic E-state index is -0.385. The van der Waals surface area contributed by atoms with Crippen LogP contribution in [0.2, 0.25) is 0 Å². The first kappa shape index (κ1) is 17.6. The van der Waals surface area contributed by atoms with Crippen LogP contribution in [0, 0.1) is 6.92 Å². The summed E-state index contributed by atoms with van der Waals surface area (Å²) in [4.78, 5) is 13.3. The number of fused-ring (bicyclic) bond motifs is 3. The highest BCUT2D eigenvalue weighted by atomic mass is 32.1. The molecule has 136 valence electrons. The van der Waals surface area contributed by atoms with Crippen molar-refractivity contribution in [1.29, 1.82) is 0 Å². The first-order valence-electron chi connectivity index (χ1n) is 9.03. The third-order valence-electron chi connectivity index (χ3n) is 4.88. The quantitative estimate of drug-likeness (QED) is 0.629. The van der Waals surface area contributed by atoms with Gasteiger partial charge in [-0.3, -0.25) is 0 Å². The molecule has 0 atom stereocenters. The fraction of sp³-hybridized carbons (Fsp3) is 0.174. The monoisotopic (exact) mass is 375 g/mol. The zero-order valence-electron chi connectivity index (χ0n) is 15.1. The Morgan fingerprint density at radius 2 is 1.74 bits per heavy atom. The van der Waals surface area contributed by atoms with E-state index in [-0.39, 0.29) is 12.0 Å². The second kappa shape index (κ2) is 7.80. The topological polar surface area (TPSA) is 38.3 Å². The van der Waals surface area contributed by atoms with Crippen molar-refractivity contribution in [1.82, 2.24) is 5.32 Å². The molecule has 1 N–H and O–H groups in total. The molecule has 0 radical (unpaired) electrons. The molecular weight excluding hydrogens is 354 g/mol. The zero-order chi connectivity index (χ0) is 18.6. The van der Waals surface area contributed by atoms with Crippen molar-refractivity contribution in [2.45, 2.75) is 12.8 Å². The number of amides is 1. The highest BCUT2D eigenvalue weighted by Crippen LogP contribution is 2.44.